The molecule has 0 saturated carbocycles. The number of para-hydroxylation sites is 3. The van der Waals surface area contributed by atoms with Gasteiger partial charge in [-0.15, -0.1) is 0 Å². The number of allylic oxidation sites excluding steroid dienone is 1. The normalized spacial score (nSPS) is 16.7. The summed E-state index contributed by atoms with van der Waals surface area (Å²) in [6.07, 6.45) is 4.03. The average Bonchev–Trinajstić information content (AvgIpc) is 3.37. The minimum Gasteiger partial charge on any atom is -0.457 e. The summed E-state index contributed by atoms with van der Waals surface area (Å²) in [4.78, 5) is 0. The van der Waals surface area contributed by atoms with Crippen molar-refractivity contribution in [1.29, 1.82) is 5.26 Å². The summed E-state index contributed by atoms with van der Waals surface area (Å²) < 4.78 is 9.12. The Bertz CT molecular complexity index is 2260. The lowest BCUT2D eigenvalue weighted by molar-refractivity contribution is 0.438. The number of nitrogens with zero attached hydrogens (tertiary/aromatic N) is 2. The molecular weight excluding hydrogens is 512 g/mol. The fourth-order valence-electron chi connectivity index (χ4n) is 7.19. The molecular formula is C39H26N2O. The topological polar surface area (TPSA) is 38.0 Å². The van der Waals surface area contributed by atoms with Crippen LogP contribution >= 0.6 is 0 Å². The number of aromatic nitrogens is 1. The van der Waals surface area contributed by atoms with Gasteiger partial charge in [0, 0.05) is 21.7 Å². The van der Waals surface area contributed by atoms with Gasteiger partial charge in [-0.2, -0.15) is 5.26 Å². The molecule has 1 atom stereocenters. The Balaban J connectivity index is 1.54. The first-order chi connectivity index (χ1) is 20.7. The van der Waals surface area contributed by atoms with Crippen LogP contribution in [-0.4, -0.2) is 4.57 Å². The van der Waals surface area contributed by atoms with Crippen LogP contribution in [-0.2, 0) is 5.41 Å². The second-order valence-corrected chi connectivity index (χ2v) is 10.9. The zero-order valence-electron chi connectivity index (χ0n) is 23.1. The molecule has 1 aromatic heterocycles. The van der Waals surface area contributed by atoms with Crippen molar-refractivity contribution in [3.05, 3.63) is 161 Å². The van der Waals surface area contributed by atoms with Gasteiger partial charge in [0.1, 0.15) is 11.5 Å². The molecule has 0 bridgehead atoms. The molecule has 0 aliphatic carbocycles. The van der Waals surface area contributed by atoms with E-state index in [4.69, 9.17) is 4.74 Å². The third-order valence-electron chi connectivity index (χ3n) is 8.91. The molecule has 42 heavy (non-hydrogen) atoms. The van der Waals surface area contributed by atoms with E-state index in [1.807, 2.05) is 36.4 Å². The largest absolute Gasteiger partial charge is 0.457 e. The van der Waals surface area contributed by atoms with E-state index in [9.17, 15) is 5.26 Å². The zero-order chi connectivity index (χ0) is 28.4. The monoisotopic (exact) mass is 538 g/mol. The summed E-state index contributed by atoms with van der Waals surface area (Å²) in [6.45, 7) is 6.35. The molecule has 6 aromatic rings. The number of hydrogen-bond donors (Lipinski definition) is 0. The molecule has 1 unspecified atom stereocenters. The van der Waals surface area contributed by atoms with E-state index in [1.165, 1.54) is 32.6 Å². The van der Waals surface area contributed by atoms with E-state index in [2.05, 4.69) is 115 Å². The van der Waals surface area contributed by atoms with Gasteiger partial charge in [-0.05, 0) is 65.6 Å². The third-order valence-corrected chi connectivity index (χ3v) is 8.91. The maximum Gasteiger partial charge on any atom is 0.132 e. The SMILES string of the molecule is C=C/C=c1\c2n(c3ccccc13)-c1ccccc1C1(C=2C)c2ccccc2Oc2cc(-c3ccc(C#N)cc3)ccc21. The molecule has 198 valence electrons. The lowest BCUT2D eigenvalue weighted by Crippen LogP contribution is -2.46. The fourth-order valence-corrected chi connectivity index (χ4v) is 7.19. The average molecular weight is 539 g/mol. The van der Waals surface area contributed by atoms with Crippen molar-refractivity contribution in [2.45, 2.75) is 12.3 Å². The quantitative estimate of drug-likeness (QED) is 0.226. The number of rotatable bonds is 2. The van der Waals surface area contributed by atoms with Crippen molar-refractivity contribution >= 4 is 22.6 Å². The van der Waals surface area contributed by atoms with E-state index < -0.39 is 5.41 Å². The van der Waals surface area contributed by atoms with Gasteiger partial charge >= 0.3 is 0 Å². The van der Waals surface area contributed by atoms with Gasteiger partial charge in [0.15, 0.2) is 0 Å². The highest BCUT2D eigenvalue weighted by atomic mass is 16.5. The molecule has 0 saturated heterocycles. The summed E-state index contributed by atoms with van der Waals surface area (Å²) in [5, 5.41) is 12.8. The molecule has 3 heteroatoms. The number of ether oxygens (including phenoxy) is 1. The predicted molar refractivity (Wildman–Crippen MR) is 169 cm³/mol. The van der Waals surface area contributed by atoms with Crippen LogP contribution in [0.2, 0.25) is 0 Å². The van der Waals surface area contributed by atoms with E-state index in [1.54, 1.807) is 0 Å². The van der Waals surface area contributed by atoms with Crippen LogP contribution in [0, 0.1) is 11.3 Å². The van der Waals surface area contributed by atoms with Crippen molar-refractivity contribution in [2.24, 2.45) is 0 Å². The van der Waals surface area contributed by atoms with E-state index in [0.717, 1.165) is 39.4 Å². The number of fused-ring (bicyclic) bond motifs is 10. The molecule has 0 amide bonds. The molecule has 0 N–H and O–H groups in total. The Kier molecular flexibility index (Phi) is 5.17. The van der Waals surface area contributed by atoms with Crippen LogP contribution in [0.15, 0.2) is 128 Å². The molecule has 3 heterocycles. The first-order valence-electron chi connectivity index (χ1n) is 14.1. The van der Waals surface area contributed by atoms with Crippen LogP contribution in [0.25, 0.3) is 39.4 Å². The highest BCUT2D eigenvalue weighted by Crippen LogP contribution is 2.58. The first-order valence-corrected chi connectivity index (χ1v) is 14.1. The fraction of sp³-hybridized carbons (Fsp3) is 0.0513. The zero-order valence-corrected chi connectivity index (χ0v) is 23.1. The van der Waals surface area contributed by atoms with Crippen LogP contribution in [0.5, 0.6) is 11.5 Å². The highest BCUT2D eigenvalue weighted by Gasteiger charge is 2.49. The van der Waals surface area contributed by atoms with Gasteiger partial charge in [-0.3, -0.25) is 0 Å². The number of hydrogen-bond acceptors (Lipinski definition) is 2. The minimum absolute atomic E-state index is 0.571. The lowest BCUT2D eigenvalue weighted by Gasteiger charge is -2.44. The minimum atomic E-state index is -0.571. The molecule has 0 radical (unpaired) electrons. The van der Waals surface area contributed by atoms with Gasteiger partial charge in [-0.25, -0.2) is 0 Å². The Hall–Kier alpha value is -5.59. The maximum atomic E-state index is 9.28. The summed E-state index contributed by atoms with van der Waals surface area (Å²) in [7, 11) is 0. The molecule has 2 aliphatic heterocycles. The second-order valence-electron chi connectivity index (χ2n) is 10.9. The van der Waals surface area contributed by atoms with E-state index in [-0.39, 0.29) is 0 Å². The van der Waals surface area contributed by atoms with Gasteiger partial charge < -0.3 is 9.30 Å². The Morgan fingerprint density at radius 2 is 1.45 bits per heavy atom. The molecule has 0 fully saturated rings. The van der Waals surface area contributed by atoms with Gasteiger partial charge in [0.2, 0.25) is 0 Å². The molecule has 8 rings (SSSR count). The van der Waals surface area contributed by atoms with Crippen molar-refractivity contribution in [3.8, 4) is 34.4 Å². The number of nitriles is 1. The summed E-state index contributed by atoms with van der Waals surface area (Å²) in [5.74, 6) is 1.69. The van der Waals surface area contributed by atoms with Gasteiger partial charge in [-0.1, -0.05) is 97.6 Å². The molecule has 1 spiro atoms. The Morgan fingerprint density at radius 3 is 2.26 bits per heavy atom. The first kappa shape index (κ1) is 24.2. The molecule has 3 nitrogen and oxygen atoms in total. The van der Waals surface area contributed by atoms with Crippen LogP contribution < -0.4 is 15.3 Å². The van der Waals surface area contributed by atoms with Gasteiger partial charge in [0.05, 0.1) is 33.6 Å². The smallest absolute Gasteiger partial charge is 0.132 e. The highest BCUT2D eigenvalue weighted by molar-refractivity contribution is 5.91. The Labute approximate surface area is 244 Å². The van der Waals surface area contributed by atoms with E-state index >= 15 is 0 Å². The third kappa shape index (κ3) is 3.09. The van der Waals surface area contributed by atoms with Crippen molar-refractivity contribution in [2.75, 3.05) is 0 Å². The summed E-state index contributed by atoms with van der Waals surface area (Å²) in [5.41, 5.74) is 9.23. The Morgan fingerprint density at radius 1 is 0.762 bits per heavy atom. The summed E-state index contributed by atoms with van der Waals surface area (Å²) >= 11 is 0. The second kappa shape index (κ2) is 8.96. The lowest BCUT2D eigenvalue weighted by atomic mass is 9.62. The van der Waals surface area contributed by atoms with Crippen LogP contribution in [0.4, 0.5) is 0 Å². The molecule has 5 aromatic carbocycles. The van der Waals surface area contributed by atoms with Crippen molar-refractivity contribution in [3.63, 3.8) is 0 Å². The van der Waals surface area contributed by atoms with E-state index in [0.29, 0.717) is 5.56 Å². The van der Waals surface area contributed by atoms with Crippen LogP contribution in [0.3, 0.4) is 0 Å². The molecule has 2 aliphatic rings. The van der Waals surface area contributed by atoms with Crippen molar-refractivity contribution < 1.29 is 4.74 Å². The standard InChI is InChI=1S/C39H26N2O/c1-3-10-30-29-11-4-7-14-34(29)41-35-15-8-5-12-31(35)39(25(2)38(30)41)32-13-6-9-16-36(32)42-37-23-28(21-22-33(37)39)27-19-17-26(24-40)18-20-27/h3-23H,1H2,2H3/b30-10-. The predicted octanol–water partition coefficient (Wildman–Crippen LogP) is 7.76. The van der Waals surface area contributed by atoms with Crippen molar-refractivity contribution in [1.82, 2.24) is 4.57 Å². The summed E-state index contributed by atoms with van der Waals surface area (Å²) in [6, 6.07) is 42.3. The maximum absolute atomic E-state index is 9.28. The van der Waals surface area contributed by atoms with Crippen LogP contribution in [0.1, 0.15) is 29.2 Å². The number of benzene rings is 5. The van der Waals surface area contributed by atoms with Gasteiger partial charge in [0.25, 0.3) is 0 Å².